The maximum absolute atomic E-state index is 10.3. The van der Waals surface area contributed by atoms with Crippen LogP contribution < -0.4 is 0 Å². The molecule has 5 heteroatoms. The quantitative estimate of drug-likeness (QED) is 0.703. The first-order valence-corrected chi connectivity index (χ1v) is 12.2. The van der Waals surface area contributed by atoms with Gasteiger partial charge in [-0.25, -0.2) is 0 Å². The van der Waals surface area contributed by atoms with Crippen molar-refractivity contribution in [3.63, 3.8) is 0 Å². The number of carbonyl (C=O) groups is 1. The fraction of sp³-hybridized carbons (Fsp3) is 0.750. The second kappa shape index (κ2) is 4.06. The van der Waals surface area contributed by atoms with Crippen molar-refractivity contribution in [3.8, 4) is 0 Å². The number of rotatable bonds is 3. The minimum atomic E-state index is -2.96. The predicted octanol–water partition coefficient (Wildman–Crippen LogP) is 2.62. The van der Waals surface area contributed by atoms with Gasteiger partial charge in [-0.15, -0.1) is 0 Å². The van der Waals surface area contributed by atoms with Crippen LogP contribution in [0.25, 0.3) is 0 Å². The Morgan fingerprint density at radius 2 is 1.89 bits per heavy atom. The third-order valence-corrected chi connectivity index (χ3v) is 5.42. The zero-order valence-electron chi connectivity index (χ0n) is 4.96. The van der Waals surface area contributed by atoms with Gasteiger partial charge >= 0.3 is 69.7 Å². The third-order valence-electron chi connectivity index (χ3n) is 0.761. The molecule has 0 aromatic carbocycles. The SMILES string of the molecule is CC(=O)C[CH2][Ge]([Cl])([Cl])[Cl]. The molecule has 0 aliphatic carbocycles. The van der Waals surface area contributed by atoms with Gasteiger partial charge in [0.05, 0.1) is 0 Å². The topological polar surface area (TPSA) is 17.1 Å². The molecule has 9 heavy (non-hydrogen) atoms. The van der Waals surface area contributed by atoms with Gasteiger partial charge in [0.15, 0.2) is 0 Å². The van der Waals surface area contributed by atoms with Crippen LogP contribution in [0.15, 0.2) is 0 Å². The Labute approximate surface area is 69.6 Å². The number of Topliss-reactive ketones (excluding diaryl/α,β-unsaturated/α-hetero) is 1. The summed E-state index contributed by atoms with van der Waals surface area (Å²) in [6, 6.07) is 0. The Hall–Kier alpha value is 1.08. The van der Waals surface area contributed by atoms with Gasteiger partial charge in [0.25, 0.3) is 0 Å². The van der Waals surface area contributed by atoms with Gasteiger partial charge in [0.2, 0.25) is 0 Å². The molecule has 0 unspecified atom stereocenters. The van der Waals surface area contributed by atoms with Crippen LogP contribution in [-0.2, 0) is 4.79 Å². The summed E-state index contributed by atoms with van der Waals surface area (Å²) in [5.74, 6) is 0.0898. The van der Waals surface area contributed by atoms with E-state index in [9.17, 15) is 4.79 Å². The van der Waals surface area contributed by atoms with Crippen molar-refractivity contribution in [2.45, 2.75) is 18.6 Å². The normalized spacial score (nSPS) is 11.6. The van der Waals surface area contributed by atoms with Crippen molar-refractivity contribution in [1.29, 1.82) is 0 Å². The van der Waals surface area contributed by atoms with Crippen LogP contribution in [0.2, 0.25) is 5.25 Å². The van der Waals surface area contributed by atoms with E-state index in [4.69, 9.17) is 30.0 Å². The summed E-state index contributed by atoms with van der Waals surface area (Å²) in [6.45, 7) is 1.50. The van der Waals surface area contributed by atoms with Crippen molar-refractivity contribution in [1.82, 2.24) is 0 Å². The van der Waals surface area contributed by atoms with Crippen molar-refractivity contribution >= 4 is 46.3 Å². The van der Waals surface area contributed by atoms with E-state index in [1.165, 1.54) is 6.92 Å². The van der Waals surface area contributed by atoms with E-state index in [0.29, 0.717) is 11.7 Å². The molecule has 0 aromatic heterocycles. The second-order valence-corrected chi connectivity index (χ2v) is 18.5. The van der Waals surface area contributed by atoms with Crippen LogP contribution in [0.1, 0.15) is 13.3 Å². The average Bonchev–Trinajstić information content (AvgIpc) is 1.59. The molecule has 0 saturated heterocycles. The molecule has 54 valence electrons. The molecule has 0 aliphatic rings. The molecule has 0 N–H and O–H groups in total. The molecule has 0 bridgehead atoms. The van der Waals surface area contributed by atoms with Gasteiger partial charge in [-0.05, 0) is 0 Å². The first kappa shape index (κ1) is 10.1. The Morgan fingerprint density at radius 3 is 2.00 bits per heavy atom. The molecule has 0 aromatic rings. The average molecular weight is 250 g/mol. The zero-order chi connectivity index (χ0) is 7.49. The van der Waals surface area contributed by atoms with Crippen LogP contribution in [0.5, 0.6) is 0 Å². The molecular formula is C4H7Cl3GeO. The van der Waals surface area contributed by atoms with Crippen LogP contribution >= 0.6 is 30.0 Å². The summed E-state index contributed by atoms with van der Waals surface area (Å²) >= 11 is 0. The standard InChI is InChI=1S/C4H7Cl3GeO/c1-4(9)2-3-8(5,6)7/h2-3H2,1H3. The van der Waals surface area contributed by atoms with Crippen LogP contribution in [0.4, 0.5) is 0 Å². The minimum absolute atomic E-state index is 0.0898. The summed E-state index contributed by atoms with van der Waals surface area (Å²) in [6.07, 6.45) is 0.413. The van der Waals surface area contributed by atoms with Crippen molar-refractivity contribution in [2.75, 3.05) is 0 Å². The molecule has 0 fully saturated rings. The van der Waals surface area contributed by atoms with E-state index in [1.807, 2.05) is 0 Å². The molecule has 0 spiro atoms. The van der Waals surface area contributed by atoms with Gasteiger partial charge < -0.3 is 0 Å². The Kier molecular flexibility index (Phi) is 4.55. The predicted molar refractivity (Wildman–Crippen MR) is 43.4 cm³/mol. The molecule has 1 nitrogen and oxygen atoms in total. The summed E-state index contributed by atoms with van der Waals surface area (Å²) < 4.78 is 0. The Morgan fingerprint density at radius 1 is 1.44 bits per heavy atom. The molecule has 0 radical (unpaired) electrons. The van der Waals surface area contributed by atoms with Gasteiger partial charge in [0.1, 0.15) is 0 Å². The first-order chi connectivity index (χ1) is 3.92. The fourth-order valence-electron chi connectivity index (χ4n) is 0.318. The van der Waals surface area contributed by atoms with E-state index in [1.54, 1.807) is 0 Å². The van der Waals surface area contributed by atoms with Crippen LogP contribution in [0, 0.1) is 0 Å². The maximum atomic E-state index is 10.3. The van der Waals surface area contributed by atoms with Gasteiger partial charge in [0, 0.05) is 0 Å². The third kappa shape index (κ3) is 9.08. The van der Waals surface area contributed by atoms with E-state index in [0.717, 1.165) is 0 Å². The first-order valence-electron chi connectivity index (χ1n) is 2.48. The molecule has 0 saturated carbocycles. The molecule has 0 rings (SSSR count). The van der Waals surface area contributed by atoms with Crippen LogP contribution in [-0.4, -0.2) is 16.3 Å². The van der Waals surface area contributed by atoms with Gasteiger partial charge in [-0.3, -0.25) is 0 Å². The number of ketones is 1. The molecule has 0 amide bonds. The van der Waals surface area contributed by atoms with Crippen LogP contribution in [0.3, 0.4) is 0 Å². The Balaban J connectivity index is 3.39. The van der Waals surface area contributed by atoms with Crippen molar-refractivity contribution < 1.29 is 4.79 Å². The summed E-state index contributed by atoms with van der Waals surface area (Å²) in [5, 5.41) is 0.486. The molecule has 0 heterocycles. The van der Waals surface area contributed by atoms with Gasteiger partial charge in [-0.2, -0.15) is 0 Å². The fourth-order valence-corrected chi connectivity index (χ4v) is 3.12. The van der Waals surface area contributed by atoms with Crippen molar-refractivity contribution in [3.05, 3.63) is 0 Å². The van der Waals surface area contributed by atoms with Crippen molar-refractivity contribution in [2.24, 2.45) is 0 Å². The molecule has 0 aliphatic heterocycles. The number of hydrogen-bond acceptors (Lipinski definition) is 1. The van der Waals surface area contributed by atoms with Gasteiger partial charge in [-0.1, -0.05) is 0 Å². The number of hydrogen-bond donors (Lipinski definition) is 0. The second-order valence-electron chi connectivity index (χ2n) is 1.82. The van der Waals surface area contributed by atoms with E-state index in [-0.39, 0.29) is 5.78 Å². The van der Waals surface area contributed by atoms with E-state index < -0.39 is 10.5 Å². The monoisotopic (exact) mass is 250 g/mol. The zero-order valence-corrected chi connectivity index (χ0v) is 9.32. The Bertz CT molecular complexity index is 109. The summed E-state index contributed by atoms with van der Waals surface area (Å²) in [7, 11) is 13.7. The number of halogens is 3. The van der Waals surface area contributed by atoms with E-state index >= 15 is 0 Å². The van der Waals surface area contributed by atoms with E-state index in [2.05, 4.69) is 0 Å². The summed E-state index contributed by atoms with van der Waals surface area (Å²) in [4.78, 5) is 10.3. The molecule has 0 atom stereocenters. The number of carbonyl (C=O) groups excluding carboxylic acids is 1. The summed E-state index contributed by atoms with van der Waals surface area (Å²) in [5.41, 5.74) is 0. The molecular weight excluding hydrogens is 243 g/mol.